The van der Waals surface area contributed by atoms with Gasteiger partial charge in [-0.15, -0.1) is 12.4 Å². The fraction of sp³-hybridized carbons (Fsp3) is 0.500. The Balaban J connectivity index is 0.00000242. The van der Waals surface area contributed by atoms with Crippen LogP contribution in [0.15, 0.2) is 24.3 Å². The second-order valence-electron chi connectivity index (χ2n) is 5.60. The lowest BCUT2D eigenvalue weighted by molar-refractivity contribution is -0.125. The Hall–Kier alpha value is -1.59. The highest BCUT2D eigenvalue weighted by molar-refractivity contribution is 5.97. The van der Waals surface area contributed by atoms with Crippen LogP contribution in [0.4, 0.5) is 5.69 Å². The summed E-state index contributed by atoms with van der Waals surface area (Å²) >= 11 is 0. The number of piperidine rings is 1. The Labute approximate surface area is 137 Å². The van der Waals surface area contributed by atoms with E-state index in [0.29, 0.717) is 24.4 Å². The lowest BCUT2D eigenvalue weighted by Gasteiger charge is -2.32. The van der Waals surface area contributed by atoms with Crippen LogP contribution in [0.25, 0.3) is 0 Å². The van der Waals surface area contributed by atoms with Crippen molar-refractivity contribution in [3.8, 4) is 0 Å². The molecule has 0 bridgehead atoms. The van der Waals surface area contributed by atoms with Crippen LogP contribution in [0, 0.1) is 5.41 Å². The summed E-state index contributed by atoms with van der Waals surface area (Å²) in [6.45, 7) is 5.70. The van der Waals surface area contributed by atoms with E-state index in [1.54, 1.807) is 31.2 Å². The summed E-state index contributed by atoms with van der Waals surface area (Å²) in [5, 5.41) is 6.16. The van der Waals surface area contributed by atoms with E-state index < -0.39 is 5.41 Å². The molecule has 6 heteroatoms. The van der Waals surface area contributed by atoms with Crippen LogP contribution < -0.4 is 10.6 Å². The number of amides is 1. The molecule has 2 N–H and O–H groups in total. The first-order valence-electron chi connectivity index (χ1n) is 7.34. The molecule has 5 nitrogen and oxygen atoms in total. The molecule has 1 aromatic rings. The third-order valence-corrected chi connectivity index (χ3v) is 3.78. The first-order chi connectivity index (χ1) is 10.0. The van der Waals surface area contributed by atoms with Crippen molar-refractivity contribution in [2.75, 3.05) is 25.0 Å². The average molecular weight is 327 g/mol. The smallest absolute Gasteiger partial charge is 0.338 e. The Bertz CT molecular complexity index is 528. The van der Waals surface area contributed by atoms with Gasteiger partial charge in [-0.25, -0.2) is 4.79 Å². The molecule has 1 aliphatic rings. The third kappa shape index (κ3) is 4.45. The van der Waals surface area contributed by atoms with Gasteiger partial charge in [0.15, 0.2) is 0 Å². The number of ether oxygens (including phenoxy) is 1. The number of rotatable bonds is 4. The Kier molecular flexibility index (Phi) is 6.84. The number of nitrogens with one attached hydrogen (secondary N) is 2. The molecule has 0 spiro atoms. The summed E-state index contributed by atoms with van der Waals surface area (Å²) in [6, 6.07) is 6.84. The summed E-state index contributed by atoms with van der Waals surface area (Å²) in [6.07, 6.45) is 1.86. The van der Waals surface area contributed by atoms with Gasteiger partial charge in [-0.1, -0.05) is 6.07 Å². The fourth-order valence-corrected chi connectivity index (χ4v) is 2.47. The minimum absolute atomic E-state index is 0. The summed E-state index contributed by atoms with van der Waals surface area (Å²) in [4.78, 5) is 24.1. The second kappa shape index (κ2) is 8.15. The predicted octanol–water partition coefficient (Wildman–Crippen LogP) is 2.61. The summed E-state index contributed by atoms with van der Waals surface area (Å²) in [5.74, 6) is -0.394. The van der Waals surface area contributed by atoms with E-state index >= 15 is 0 Å². The molecule has 1 aromatic carbocycles. The van der Waals surface area contributed by atoms with Gasteiger partial charge in [-0.2, -0.15) is 0 Å². The van der Waals surface area contributed by atoms with Crippen molar-refractivity contribution in [3.05, 3.63) is 29.8 Å². The molecule has 0 saturated carbocycles. The molecule has 1 aliphatic heterocycles. The largest absolute Gasteiger partial charge is 0.462 e. The number of hydrogen-bond acceptors (Lipinski definition) is 4. The van der Waals surface area contributed by atoms with Gasteiger partial charge >= 0.3 is 5.97 Å². The highest BCUT2D eigenvalue weighted by atomic mass is 35.5. The average Bonchev–Trinajstić information content (AvgIpc) is 2.48. The maximum Gasteiger partial charge on any atom is 0.338 e. The molecule has 1 atom stereocenters. The van der Waals surface area contributed by atoms with Crippen LogP contribution in [0.1, 0.15) is 37.0 Å². The Morgan fingerprint density at radius 3 is 2.82 bits per heavy atom. The van der Waals surface area contributed by atoms with Gasteiger partial charge in [0, 0.05) is 12.2 Å². The van der Waals surface area contributed by atoms with Crippen molar-refractivity contribution in [3.63, 3.8) is 0 Å². The topological polar surface area (TPSA) is 67.4 Å². The molecular formula is C16H23ClN2O3. The van der Waals surface area contributed by atoms with Gasteiger partial charge in [0.1, 0.15) is 0 Å². The molecule has 1 amide bonds. The standard InChI is InChI=1S/C16H22N2O3.ClH/c1-3-21-14(19)12-6-4-7-13(10-12)18-15(20)16(2)8-5-9-17-11-16;/h4,6-7,10,17H,3,5,8-9,11H2,1-2H3,(H,18,20);1H. The first-order valence-corrected chi connectivity index (χ1v) is 7.34. The van der Waals surface area contributed by atoms with E-state index in [2.05, 4.69) is 10.6 Å². The number of benzene rings is 1. The predicted molar refractivity (Wildman–Crippen MR) is 88.5 cm³/mol. The molecule has 122 valence electrons. The molecule has 0 radical (unpaired) electrons. The van der Waals surface area contributed by atoms with Crippen molar-refractivity contribution in [2.24, 2.45) is 5.41 Å². The van der Waals surface area contributed by atoms with Crippen molar-refractivity contribution in [1.29, 1.82) is 0 Å². The van der Waals surface area contributed by atoms with Crippen molar-refractivity contribution < 1.29 is 14.3 Å². The zero-order valence-electron chi connectivity index (χ0n) is 13.0. The lowest BCUT2D eigenvalue weighted by Crippen LogP contribution is -2.46. The number of carbonyl (C=O) groups excluding carboxylic acids is 2. The van der Waals surface area contributed by atoms with Crippen molar-refractivity contribution >= 4 is 30.0 Å². The van der Waals surface area contributed by atoms with E-state index in [0.717, 1.165) is 19.4 Å². The Morgan fingerprint density at radius 1 is 1.41 bits per heavy atom. The molecule has 1 heterocycles. The van der Waals surface area contributed by atoms with Gasteiger partial charge in [-0.05, 0) is 51.4 Å². The number of hydrogen-bond donors (Lipinski definition) is 2. The van der Waals surface area contributed by atoms with E-state index in [4.69, 9.17) is 4.74 Å². The van der Waals surface area contributed by atoms with Gasteiger partial charge in [-0.3, -0.25) is 4.79 Å². The van der Waals surface area contributed by atoms with Crippen LogP contribution in [0.2, 0.25) is 0 Å². The summed E-state index contributed by atoms with van der Waals surface area (Å²) < 4.78 is 4.96. The molecule has 22 heavy (non-hydrogen) atoms. The molecule has 2 rings (SSSR count). The molecule has 1 unspecified atom stereocenters. The number of halogens is 1. The van der Waals surface area contributed by atoms with E-state index in [-0.39, 0.29) is 24.3 Å². The zero-order valence-corrected chi connectivity index (χ0v) is 13.8. The van der Waals surface area contributed by atoms with Crippen LogP contribution in [-0.2, 0) is 9.53 Å². The number of anilines is 1. The van der Waals surface area contributed by atoms with Gasteiger partial charge in [0.25, 0.3) is 0 Å². The Morgan fingerprint density at radius 2 is 2.18 bits per heavy atom. The third-order valence-electron chi connectivity index (χ3n) is 3.78. The summed E-state index contributed by atoms with van der Waals surface area (Å²) in [7, 11) is 0. The normalized spacial score (nSPS) is 20.6. The summed E-state index contributed by atoms with van der Waals surface area (Å²) in [5.41, 5.74) is 0.664. The highest BCUT2D eigenvalue weighted by Gasteiger charge is 2.34. The minimum atomic E-state index is -0.405. The number of carbonyl (C=O) groups is 2. The van der Waals surface area contributed by atoms with Gasteiger partial charge in [0.2, 0.25) is 5.91 Å². The van der Waals surface area contributed by atoms with E-state index in [1.807, 2.05) is 6.92 Å². The molecule has 0 aliphatic carbocycles. The van der Waals surface area contributed by atoms with Gasteiger partial charge < -0.3 is 15.4 Å². The maximum absolute atomic E-state index is 12.4. The van der Waals surface area contributed by atoms with Crippen LogP contribution in [0.5, 0.6) is 0 Å². The minimum Gasteiger partial charge on any atom is -0.462 e. The molecule has 1 saturated heterocycles. The fourth-order valence-electron chi connectivity index (χ4n) is 2.47. The lowest BCUT2D eigenvalue weighted by atomic mass is 9.82. The highest BCUT2D eigenvalue weighted by Crippen LogP contribution is 2.27. The molecule has 1 fully saturated rings. The molecule has 0 aromatic heterocycles. The number of esters is 1. The van der Waals surface area contributed by atoms with Crippen molar-refractivity contribution in [1.82, 2.24) is 5.32 Å². The van der Waals surface area contributed by atoms with Crippen LogP contribution in [0.3, 0.4) is 0 Å². The monoisotopic (exact) mass is 326 g/mol. The van der Waals surface area contributed by atoms with E-state index in [1.165, 1.54) is 0 Å². The SMILES string of the molecule is CCOC(=O)c1cccc(NC(=O)C2(C)CCCNC2)c1.Cl. The zero-order chi connectivity index (χ0) is 15.3. The van der Waals surface area contributed by atoms with Crippen LogP contribution in [-0.4, -0.2) is 31.6 Å². The van der Waals surface area contributed by atoms with Gasteiger partial charge in [0.05, 0.1) is 17.6 Å². The van der Waals surface area contributed by atoms with Crippen LogP contribution >= 0.6 is 12.4 Å². The first kappa shape index (κ1) is 18.5. The van der Waals surface area contributed by atoms with Crippen molar-refractivity contribution in [2.45, 2.75) is 26.7 Å². The van der Waals surface area contributed by atoms with E-state index in [9.17, 15) is 9.59 Å². The molecular weight excluding hydrogens is 304 g/mol. The maximum atomic E-state index is 12.4. The second-order valence-corrected chi connectivity index (χ2v) is 5.60. The quantitative estimate of drug-likeness (QED) is 0.835.